The van der Waals surface area contributed by atoms with Gasteiger partial charge >= 0.3 is 11.9 Å². The summed E-state index contributed by atoms with van der Waals surface area (Å²) in [5.74, 6) is -6.34. The Morgan fingerprint density at radius 2 is 1.52 bits per heavy atom. The van der Waals surface area contributed by atoms with Crippen molar-refractivity contribution < 1.29 is 39.9 Å². The molecule has 0 amide bonds. The molecule has 0 saturated heterocycles. The van der Waals surface area contributed by atoms with Crippen LogP contribution >= 0.6 is 0 Å². The average Bonchev–Trinajstić information content (AvgIpc) is 2.72. The number of carboxylic acid groups (broad SMARTS) is 2. The van der Waals surface area contributed by atoms with E-state index in [0.717, 1.165) is 30.5 Å². The van der Waals surface area contributed by atoms with Crippen LogP contribution in [-0.4, -0.2) is 43.3 Å². The molecule has 0 unspecified atom stereocenters. The fourth-order valence-corrected chi connectivity index (χ4v) is 3.27. The molecule has 5 N–H and O–H groups in total. The highest BCUT2D eigenvalue weighted by atomic mass is 16.4. The Labute approximate surface area is 190 Å². The first kappa shape index (κ1) is 25.2. The Kier molecular flexibility index (Phi) is 8.01. The number of carbonyl (C=O) groups is 3. The number of aromatic carboxylic acids is 2. The van der Waals surface area contributed by atoms with Crippen molar-refractivity contribution in [2.75, 3.05) is 0 Å². The van der Waals surface area contributed by atoms with Gasteiger partial charge in [-0.15, -0.1) is 0 Å². The highest BCUT2D eigenvalue weighted by Crippen LogP contribution is 2.36. The van der Waals surface area contributed by atoms with Gasteiger partial charge in [-0.2, -0.15) is 0 Å². The van der Waals surface area contributed by atoms with Crippen molar-refractivity contribution in [1.82, 2.24) is 0 Å². The van der Waals surface area contributed by atoms with Crippen LogP contribution in [0.15, 0.2) is 47.6 Å². The Balaban J connectivity index is 2.48. The summed E-state index contributed by atoms with van der Waals surface area (Å²) in [7, 11) is 0. The number of carboxylic acids is 2. The largest absolute Gasteiger partial charge is 0.507 e. The van der Waals surface area contributed by atoms with Crippen molar-refractivity contribution in [2.45, 2.75) is 40.0 Å². The summed E-state index contributed by atoms with van der Waals surface area (Å²) in [5.41, 5.74) is -0.0247. The minimum atomic E-state index is -1.65. The van der Waals surface area contributed by atoms with Crippen molar-refractivity contribution >= 4 is 17.7 Å². The maximum Gasteiger partial charge on any atom is 0.336 e. The van der Waals surface area contributed by atoms with E-state index in [0.29, 0.717) is 5.56 Å². The molecule has 2 aromatic carbocycles. The summed E-state index contributed by atoms with van der Waals surface area (Å²) in [6.07, 6.45) is 5.90. The molecule has 8 heteroatoms. The molecule has 0 spiro atoms. The van der Waals surface area contributed by atoms with Crippen molar-refractivity contribution in [3.63, 3.8) is 0 Å². The number of hydrogen-bond donors (Lipinski definition) is 5. The maximum atomic E-state index is 13.1. The molecule has 174 valence electrons. The van der Waals surface area contributed by atoms with E-state index in [1.165, 1.54) is 17.7 Å². The summed E-state index contributed by atoms with van der Waals surface area (Å²) in [6, 6.07) is 4.09. The van der Waals surface area contributed by atoms with E-state index < -0.39 is 57.2 Å². The third kappa shape index (κ3) is 6.00. The fourth-order valence-electron chi connectivity index (χ4n) is 3.27. The Morgan fingerprint density at radius 1 is 0.848 bits per heavy atom. The van der Waals surface area contributed by atoms with E-state index in [-0.39, 0.29) is 6.42 Å². The van der Waals surface area contributed by atoms with E-state index in [1.54, 1.807) is 0 Å². The topological polar surface area (TPSA) is 152 Å². The molecular formula is C25H26O8. The number of hydrogen-bond acceptors (Lipinski definition) is 6. The predicted molar refractivity (Wildman–Crippen MR) is 121 cm³/mol. The molecule has 2 aromatic rings. The normalized spacial score (nSPS) is 11.2. The molecular weight excluding hydrogens is 428 g/mol. The van der Waals surface area contributed by atoms with Crippen LogP contribution in [-0.2, 0) is 6.42 Å². The summed E-state index contributed by atoms with van der Waals surface area (Å²) >= 11 is 0. The summed E-state index contributed by atoms with van der Waals surface area (Å²) in [6.45, 7) is 5.95. The first-order chi connectivity index (χ1) is 15.4. The van der Waals surface area contributed by atoms with E-state index in [2.05, 4.69) is 6.08 Å². The average molecular weight is 454 g/mol. The van der Waals surface area contributed by atoms with E-state index in [1.807, 2.05) is 26.8 Å². The highest BCUT2D eigenvalue weighted by molar-refractivity contribution is 6.19. The number of phenols is 3. The monoisotopic (exact) mass is 454 g/mol. The standard InChI is InChI=1S/C25H26O8/c1-13(2)5-4-6-14(3)7-8-15-9-10-18(26)21(22(15)28)23(29)20-17(25(32)33)11-16(24(30)31)12-19(20)27/h5,7,9-12,26-28H,4,6,8H2,1-3H3,(H,30,31)(H,32,33)/b14-7+. The van der Waals surface area contributed by atoms with Crippen molar-refractivity contribution in [2.24, 2.45) is 0 Å². The van der Waals surface area contributed by atoms with Crippen LogP contribution in [0, 0.1) is 0 Å². The molecule has 0 radical (unpaired) electrons. The lowest BCUT2D eigenvalue weighted by molar-refractivity contribution is 0.0691. The van der Waals surface area contributed by atoms with E-state index in [4.69, 9.17) is 5.11 Å². The summed E-state index contributed by atoms with van der Waals surface area (Å²) < 4.78 is 0. The third-order valence-corrected chi connectivity index (χ3v) is 5.05. The molecule has 0 saturated carbocycles. The molecule has 0 aliphatic heterocycles. The minimum absolute atomic E-state index is 0.253. The molecule has 0 fully saturated rings. The molecule has 8 nitrogen and oxygen atoms in total. The molecule has 2 rings (SSSR count). The quantitative estimate of drug-likeness (QED) is 0.271. The third-order valence-electron chi connectivity index (χ3n) is 5.05. The van der Waals surface area contributed by atoms with Gasteiger partial charge in [0.2, 0.25) is 5.78 Å². The zero-order chi connectivity index (χ0) is 24.9. The van der Waals surface area contributed by atoms with Crippen LogP contribution in [0.2, 0.25) is 0 Å². The fraction of sp³-hybridized carbons (Fsp3) is 0.240. The number of phenolic OH excluding ortho intramolecular Hbond substituents is 3. The zero-order valence-corrected chi connectivity index (χ0v) is 18.5. The maximum absolute atomic E-state index is 13.1. The minimum Gasteiger partial charge on any atom is -0.507 e. The molecule has 0 aliphatic rings. The van der Waals surface area contributed by atoms with Gasteiger partial charge in [-0.3, -0.25) is 4.79 Å². The lowest BCUT2D eigenvalue weighted by Gasteiger charge is -2.13. The first-order valence-electron chi connectivity index (χ1n) is 10.1. The number of rotatable bonds is 9. The van der Waals surface area contributed by atoms with Gasteiger partial charge in [0.15, 0.2) is 0 Å². The molecule has 0 bridgehead atoms. The van der Waals surface area contributed by atoms with Crippen LogP contribution in [0.25, 0.3) is 0 Å². The number of ketones is 1. The summed E-state index contributed by atoms with van der Waals surface area (Å²) in [4.78, 5) is 35.9. The van der Waals surface area contributed by atoms with E-state index in [9.17, 15) is 34.8 Å². The van der Waals surface area contributed by atoms with Gasteiger partial charge in [0.05, 0.1) is 16.7 Å². The van der Waals surface area contributed by atoms with Crippen molar-refractivity contribution in [3.8, 4) is 17.2 Å². The second kappa shape index (κ2) is 10.5. The Hall–Kier alpha value is -4.07. The van der Waals surface area contributed by atoms with Crippen LogP contribution < -0.4 is 0 Å². The highest BCUT2D eigenvalue weighted by Gasteiger charge is 2.29. The molecule has 0 heterocycles. The number of carbonyl (C=O) groups excluding carboxylic acids is 1. The van der Waals surface area contributed by atoms with Gasteiger partial charge in [0.25, 0.3) is 0 Å². The van der Waals surface area contributed by atoms with Crippen LogP contribution in [0.1, 0.15) is 75.8 Å². The van der Waals surface area contributed by atoms with Gasteiger partial charge in [-0.25, -0.2) is 9.59 Å². The molecule has 0 aromatic heterocycles. The Morgan fingerprint density at radius 3 is 2.09 bits per heavy atom. The van der Waals surface area contributed by atoms with Gasteiger partial charge in [0, 0.05) is 0 Å². The van der Waals surface area contributed by atoms with Crippen LogP contribution in [0.5, 0.6) is 17.2 Å². The zero-order valence-electron chi connectivity index (χ0n) is 18.5. The van der Waals surface area contributed by atoms with Gasteiger partial charge < -0.3 is 25.5 Å². The number of allylic oxidation sites excluding steroid dienone is 4. The van der Waals surface area contributed by atoms with Gasteiger partial charge in [-0.05, 0) is 63.8 Å². The van der Waals surface area contributed by atoms with Crippen LogP contribution in [0.3, 0.4) is 0 Å². The number of aromatic hydroxyl groups is 3. The summed E-state index contributed by atoms with van der Waals surface area (Å²) in [5, 5.41) is 49.7. The molecule has 0 atom stereocenters. The second-order valence-corrected chi connectivity index (χ2v) is 7.90. The first-order valence-corrected chi connectivity index (χ1v) is 10.1. The second-order valence-electron chi connectivity index (χ2n) is 7.90. The van der Waals surface area contributed by atoms with Gasteiger partial charge in [0.1, 0.15) is 22.8 Å². The van der Waals surface area contributed by atoms with E-state index >= 15 is 0 Å². The Bertz CT molecular complexity index is 1170. The smallest absolute Gasteiger partial charge is 0.336 e. The molecule has 0 aliphatic carbocycles. The van der Waals surface area contributed by atoms with Crippen molar-refractivity contribution in [3.05, 3.63) is 75.4 Å². The van der Waals surface area contributed by atoms with Gasteiger partial charge in [-0.1, -0.05) is 29.4 Å². The van der Waals surface area contributed by atoms with Crippen molar-refractivity contribution in [1.29, 1.82) is 0 Å². The van der Waals surface area contributed by atoms with Crippen LogP contribution in [0.4, 0.5) is 0 Å². The SMILES string of the molecule is CC(C)=CCC/C(C)=C/Cc1ccc(O)c(C(=O)c2c(O)cc(C(=O)O)cc2C(=O)O)c1O. The molecule has 33 heavy (non-hydrogen) atoms. The lowest BCUT2D eigenvalue weighted by atomic mass is 9.92. The lowest BCUT2D eigenvalue weighted by Crippen LogP contribution is -2.13. The predicted octanol–water partition coefficient (Wildman–Crippen LogP) is 4.67. The number of benzene rings is 2.